The molecule has 0 unspecified atom stereocenters. The van der Waals surface area contributed by atoms with Crippen molar-refractivity contribution in [3.63, 3.8) is 0 Å². The lowest BCUT2D eigenvalue weighted by molar-refractivity contribution is 0.123. The van der Waals surface area contributed by atoms with Gasteiger partial charge in [-0.1, -0.05) is 0 Å². The molecule has 6 nitrogen and oxygen atoms in total. The number of guanidine groups is 1. The summed E-state index contributed by atoms with van der Waals surface area (Å²) < 4.78 is 17.0. The highest BCUT2D eigenvalue weighted by atomic mass is 127. The minimum absolute atomic E-state index is 0. The number of anilines is 1. The van der Waals surface area contributed by atoms with E-state index in [-0.39, 0.29) is 24.0 Å². The number of halogens is 1. The molecule has 0 aromatic heterocycles. The van der Waals surface area contributed by atoms with Gasteiger partial charge >= 0.3 is 0 Å². The highest BCUT2D eigenvalue weighted by molar-refractivity contribution is 14.0. The van der Waals surface area contributed by atoms with Gasteiger partial charge in [0.05, 0.1) is 13.2 Å². The van der Waals surface area contributed by atoms with Gasteiger partial charge in [0.1, 0.15) is 0 Å². The topological polar surface area (TPSA) is 64.1 Å². The van der Waals surface area contributed by atoms with E-state index < -0.39 is 0 Å². The van der Waals surface area contributed by atoms with Crippen LogP contribution in [0, 0.1) is 5.92 Å². The standard InChI is InChI=1S/C18H27N3O3.HI/c1-19-18(20-8-2-9-22-13-14-4-5-14)21-15-6-7-16-17(12-15)24-11-3-10-23-16;/h6-7,12,14H,2-5,8-11,13H2,1H3,(H2,19,20,21);1H. The maximum Gasteiger partial charge on any atom is 0.195 e. The Kier molecular flexibility index (Phi) is 8.60. The van der Waals surface area contributed by atoms with Crippen LogP contribution in [0.15, 0.2) is 23.2 Å². The predicted molar refractivity (Wildman–Crippen MR) is 111 cm³/mol. The van der Waals surface area contributed by atoms with E-state index in [9.17, 15) is 0 Å². The third-order valence-corrected chi connectivity index (χ3v) is 4.04. The Balaban J connectivity index is 0.00000225. The van der Waals surface area contributed by atoms with Crippen molar-refractivity contribution < 1.29 is 14.2 Å². The monoisotopic (exact) mass is 461 g/mol. The Bertz CT molecular complexity index is 564. The van der Waals surface area contributed by atoms with Crippen LogP contribution in [0.1, 0.15) is 25.7 Å². The van der Waals surface area contributed by atoms with E-state index in [1.807, 2.05) is 18.2 Å². The highest BCUT2D eigenvalue weighted by Gasteiger charge is 2.20. The van der Waals surface area contributed by atoms with Gasteiger partial charge in [0, 0.05) is 45.0 Å². The van der Waals surface area contributed by atoms with Crippen molar-refractivity contribution in [3.8, 4) is 11.5 Å². The van der Waals surface area contributed by atoms with E-state index in [0.717, 1.165) is 61.7 Å². The summed E-state index contributed by atoms with van der Waals surface area (Å²) >= 11 is 0. The molecule has 1 heterocycles. The van der Waals surface area contributed by atoms with Gasteiger partial charge in [0.2, 0.25) is 0 Å². The first-order valence-electron chi connectivity index (χ1n) is 8.80. The maximum absolute atomic E-state index is 5.71. The molecule has 140 valence electrons. The van der Waals surface area contributed by atoms with Crippen molar-refractivity contribution in [2.24, 2.45) is 10.9 Å². The zero-order chi connectivity index (χ0) is 16.6. The van der Waals surface area contributed by atoms with E-state index in [4.69, 9.17) is 14.2 Å². The quantitative estimate of drug-likeness (QED) is 0.283. The van der Waals surface area contributed by atoms with Crippen molar-refractivity contribution >= 4 is 35.6 Å². The van der Waals surface area contributed by atoms with E-state index in [2.05, 4.69) is 15.6 Å². The first-order chi connectivity index (χ1) is 11.8. The van der Waals surface area contributed by atoms with Crippen molar-refractivity contribution in [3.05, 3.63) is 18.2 Å². The number of nitrogens with one attached hydrogen (secondary N) is 2. The van der Waals surface area contributed by atoms with Crippen LogP contribution in [0.5, 0.6) is 11.5 Å². The van der Waals surface area contributed by atoms with Crippen molar-refractivity contribution in [1.29, 1.82) is 0 Å². The average molecular weight is 461 g/mol. The fraction of sp³-hybridized carbons (Fsp3) is 0.611. The third kappa shape index (κ3) is 6.89. The number of benzene rings is 1. The molecular formula is C18H28IN3O3. The van der Waals surface area contributed by atoms with Gasteiger partial charge < -0.3 is 24.8 Å². The molecule has 1 aromatic carbocycles. The van der Waals surface area contributed by atoms with Gasteiger partial charge in [-0.2, -0.15) is 0 Å². The van der Waals surface area contributed by atoms with Crippen molar-refractivity contribution in [2.75, 3.05) is 45.3 Å². The zero-order valence-corrected chi connectivity index (χ0v) is 17.1. The summed E-state index contributed by atoms with van der Waals surface area (Å²) in [4.78, 5) is 4.25. The Hall–Kier alpha value is -1.22. The summed E-state index contributed by atoms with van der Waals surface area (Å²) in [5.41, 5.74) is 0.928. The molecule has 2 N–H and O–H groups in total. The summed E-state index contributed by atoms with van der Waals surface area (Å²) in [7, 11) is 1.77. The molecule has 1 aliphatic heterocycles. The SMILES string of the molecule is CN=C(NCCCOCC1CC1)Nc1ccc2c(c1)OCCCO2.I. The molecule has 0 bridgehead atoms. The van der Waals surface area contributed by atoms with E-state index in [1.165, 1.54) is 12.8 Å². The second kappa shape index (κ2) is 10.7. The smallest absolute Gasteiger partial charge is 0.195 e. The van der Waals surface area contributed by atoms with Crippen LogP contribution < -0.4 is 20.1 Å². The molecule has 0 amide bonds. The van der Waals surface area contributed by atoms with Crippen LogP contribution in [0.3, 0.4) is 0 Å². The fourth-order valence-electron chi connectivity index (χ4n) is 2.47. The van der Waals surface area contributed by atoms with Crippen LogP contribution >= 0.6 is 24.0 Å². The lowest BCUT2D eigenvalue weighted by Gasteiger charge is -2.14. The lowest BCUT2D eigenvalue weighted by Crippen LogP contribution is -2.32. The molecule has 1 saturated carbocycles. The first kappa shape index (κ1) is 20.1. The van der Waals surface area contributed by atoms with Crippen molar-refractivity contribution in [2.45, 2.75) is 25.7 Å². The van der Waals surface area contributed by atoms with Gasteiger partial charge in [-0.05, 0) is 37.3 Å². The molecule has 7 heteroatoms. The van der Waals surface area contributed by atoms with E-state index in [0.29, 0.717) is 13.2 Å². The van der Waals surface area contributed by atoms with Gasteiger partial charge in [-0.15, -0.1) is 24.0 Å². The van der Waals surface area contributed by atoms with Gasteiger partial charge in [-0.25, -0.2) is 0 Å². The number of hydrogen-bond donors (Lipinski definition) is 2. The van der Waals surface area contributed by atoms with Crippen LogP contribution in [0.25, 0.3) is 0 Å². The van der Waals surface area contributed by atoms with Crippen LogP contribution in [0.4, 0.5) is 5.69 Å². The van der Waals surface area contributed by atoms with Crippen LogP contribution in [0.2, 0.25) is 0 Å². The molecule has 1 aliphatic carbocycles. The summed E-state index contributed by atoms with van der Waals surface area (Å²) in [6, 6.07) is 5.85. The average Bonchev–Trinajstić information content (AvgIpc) is 3.43. The highest BCUT2D eigenvalue weighted by Crippen LogP contribution is 2.32. The van der Waals surface area contributed by atoms with Crippen LogP contribution in [-0.4, -0.2) is 46.0 Å². The summed E-state index contributed by atoms with van der Waals surface area (Å²) in [6.07, 6.45) is 4.55. The number of aliphatic imine (C=N–C) groups is 1. The largest absolute Gasteiger partial charge is 0.490 e. The first-order valence-corrected chi connectivity index (χ1v) is 8.80. The Labute approximate surface area is 166 Å². The van der Waals surface area contributed by atoms with Gasteiger partial charge in [-0.3, -0.25) is 4.99 Å². The second-order valence-corrected chi connectivity index (χ2v) is 6.21. The number of ether oxygens (including phenoxy) is 3. The van der Waals surface area contributed by atoms with Gasteiger partial charge in [0.15, 0.2) is 17.5 Å². The zero-order valence-electron chi connectivity index (χ0n) is 14.8. The molecule has 2 aliphatic rings. The molecule has 1 fully saturated rings. The minimum Gasteiger partial charge on any atom is -0.490 e. The number of fused-ring (bicyclic) bond motifs is 1. The van der Waals surface area contributed by atoms with Gasteiger partial charge in [0.25, 0.3) is 0 Å². The Morgan fingerprint density at radius 2 is 2.04 bits per heavy atom. The Morgan fingerprint density at radius 1 is 1.24 bits per heavy atom. The minimum atomic E-state index is 0. The van der Waals surface area contributed by atoms with E-state index in [1.54, 1.807) is 7.05 Å². The molecule has 0 radical (unpaired) electrons. The number of nitrogens with zero attached hydrogens (tertiary/aromatic N) is 1. The van der Waals surface area contributed by atoms with Crippen molar-refractivity contribution in [1.82, 2.24) is 5.32 Å². The third-order valence-electron chi connectivity index (χ3n) is 4.04. The van der Waals surface area contributed by atoms with Crippen LogP contribution in [-0.2, 0) is 4.74 Å². The molecular weight excluding hydrogens is 433 g/mol. The molecule has 3 rings (SSSR count). The molecule has 25 heavy (non-hydrogen) atoms. The lowest BCUT2D eigenvalue weighted by atomic mass is 10.3. The second-order valence-electron chi connectivity index (χ2n) is 6.21. The summed E-state index contributed by atoms with van der Waals surface area (Å²) in [5.74, 6) is 3.15. The summed E-state index contributed by atoms with van der Waals surface area (Å²) in [5, 5.41) is 6.58. The maximum atomic E-state index is 5.71. The molecule has 0 spiro atoms. The molecule has 0 atom stereocenters. The van der Waals surface area contributed by atoms with E-state index >= 15 is 0 Å². The fourth-order valence-corrected chi connectivity index (χ4v) is 2.47. The summed E-state index contributed by atoms with van der Waals surface area (Å²) in [6.45, 7) is 3.93. The normalized spacial score (nSPS) is 16.6. The predicted octanol–water partition coefficient (Wildman–Crippen LogP) is 3.27. The Morgan fingerprint density at radius 3 is 2.80 bits per heavy atom. The molecule has 1 aromatic rings. The number of hydrogen-bond acceptors (Lipinski definition) is 4. The number of rotatable bonds is 7. The molecule has 0 saturated heterocycles.